The average Bonchev–Trinajstić information content (AvgIpc) is 2.38. The minimum atomic E-state index is -0.311. The van der Waals surface area contributed by atoms with Crippen LogP contribution >= 0.6 is 23.8 Å². The van der Waals surface area contributed by atoms with Crippen molar-refractivity contribution >= 4 is 40.2 Å². The molecule has 0 atom stereocenters. The van der Waals surface area contributed by atoms with Gasteiger partial charge in [-0.3, -0.25) is 0 Å². The van der Waals surface area contributed by atoms with Gasteiger partial charge in [0.25, 0.3) is 0 Å². The van der Waals surface area contributed by atoms with Crippen molar-refractivity contribution in [1.29, 1.82) is 0 Å². The lowest BCUT2D eigenvalue weighted by atomic mass is 10.1. The maximum absolute atomic E-state index is 13.8. The zero-order chi connectivity index (χ0) is 14.0. The minimum Gasteiger partial charge on any atom is -0.389 e. The van der Waals surface area contributed by atoms with Gasteiger partial charge in [-0.05, 0) is 30.3 Å². The first-order valence-corrected chi connectivity index (χ1v) is 6.37. The van der Waals surface area contributed by atoms with Crippen LogP contribution in [-0.4, -0.2) is 12.0 Å². The van der Waals surface area contributed by atoms with E-state index in [1.165, 1.54) is 6.07 Å². The molecule has 98 valence electrons. The summed E-state index contributed by atoms with van der Waals surface area (Å²) in [5.41, 5.74) is 7.47. The van der Waals surface area contributed by atoms with Crippen molar-refractivity contribution in [2.24, 2.45) is 5.73 Å². The maximum atomic E-state index is 13.8. The van der Waals surface area contributed by atoms with Gasteiger partial charge in [-0.15, -0.1) is 0 Å². The molecule has 0 fully saturated rings. The van der Waals surface area contributed by atoms with E-state index in [1.54, 1.807) is 48.3 Å². The van der Waals surface area contributed by atoms with Crippen molar-refractivity contribution in [3.05, 3.63) is 58.9 Å². The molecule has 0 spiro atoms. The summed E-state index contributed by atoms with van der Waals surface area (Å²) >= 11 is 10.9. The lowest BCUT2D eigenvalue weighted by Crippen LogP contribution is -2.18. The standard InChI is InChI=1S/C14H12ClFN2S/c1-18(13-5-3-2-4-11(13)16)12-7-6-9(15)8-10(12)14(17)19/h2-8H,1H3,(H2,17,19). The number of hydrogen-bond acceptors (Lipinski definition) is 2. The summed E-state index contributed by atoms with van der Waals surface area (Å²) in [6.07, 6.45) is 0. The van der Waals surface area contributed by atoms with Crippen LogP contribution in [0.3, 0.4) is 0 Å². The van der Waals surface area contributed by atoms with E-state index in [0.717, 1.165) is 0 Å². The molecule has 0 unspecified atom stereocenters. The number of nitrogens with zero attached hydrogens (tertiary/aromatic N) is 1. The predicted molar refractivity (Wildman–Crippen MR) is 81.8 cm³/mol. The van der Waals surface area contributed by atoms with Gasteiger partial charge in [-0.1, -0.05) is 36.0 Å². The molecule has 0 aliphatic heterocycles. The highest BCUT2D eigenvalue weighted by Crippen LogP contribution is 2.30. The third-order valence-corrected chi connectivity index (χ3v) is 3.25. The Balaban J connectivity index is 2.53. The van der Waals surface area contributed by atoms with Crippen LogP contribution < -0.4 is 10.6 Å². The SMILES string of the molecule is CN(c1ccccc1F)c1ccc(Cl)cc1C(N)=S. The van der Waals surface area contributed by atoms with Gasteiger partial charge in [-0.25, -0.2) is 4.39 Å². The van der Waals surface area contributed by atoms with Crippen LogP contribution in [0.4, 0.5) is 15.8 Å². The molecule has 2 rings (SSSR count). The number of nitrogens with two attached hydrogens (primary N) is 1. The molecule has 2 aromatic rings. The highest BCUT2D eigenvalue weighted by molar-refractivity contribution is 7.80. The van der Waals surface area contributed by atoms with Crippen molar-refractivity contribution in [1.82, 2.24) is 0 Å². The van der Waals surface area contributed by atoms with E-state index in [1.807, 2.05) is 0 Å². The van der Waals surface area contributed by atoms with Crippen molar-refractivity contribution in [2.75, 3.05) is 11.9 Å². The number of rotatable bonds is 3. The minimum absolute atomic E-state index is 0.223. The van der Waals surface area contributed by atoms with Gasteiger partial charge < -0.3 is 10.6 Å². The average molecular weight is 295 g/mol. The van der Waals surface area contributed by atoms with Crippen LogP contribution in [0.1, 0.15) is 5.56 Å². The maximum Gasteiger partial charge on any atom is 0.146 e. The Kier molecular flexibility index (Phi) is 4.02. The summed E-state index contributed by atoms with van der Waals surface area (Å²) in [5, 5.41) is 0.536. The molecule has 0 aliphatic carbocycles. The van der Waals surface area contributed by atoms with Gasteiger partial charge in [0.05, 0.1) is 11.4 Å². The highest BCUT2D eigenvalue weighted by atomic mass is 35.5. The molecule has 2 nitrogen and oxygen atoms in total. The fourth-order valence-corrected chi connectivity index (χ4v) is 2.19. The molecule has 0 aromatic heterocycles. The second kappa shape index (κ2) is 5.55. The van der Waals surface area contributed by atoms with Crippen LogP contribution in [0.15, 0.2) is 42.5 Å². The second-order valence-corrected chi connectivity index (χ2v) is 4.91. The van der Waals surface area contributed by atoms with Crippen molar-refractivity contribution < 1.29 is 4.39 Å². The van der Waals surface area contributed by atoms with E-state index in [-0.39, 0.29) is 10.8 Å². The number of thiocarbonyl (C=S) groups is 1. The Hall–Kier alpha value is -1.65. The normalized spacial score (nSPS) is 10.3. The van der Waals surface area contributed by atoms with Crippen molar-refractivity contribution in [3.63, 3.8) is 0 Å². The fourth-order valence-electron chi connectivity index (χ4n) is 1.85. The monoisotopic (exact) mass is 294 g/mol. The number of para-hydroxylation sites is 1. The van der Waals surface area contributed by atoms with Crippen LogP contribution in [-0.2, 0) is 0 Å². The van der Waals surface area contributed by atoms with E-state index in [4.69, 9.17) is 29.6 Å². The van der Waals surface area contributed by atoms with E-state index in [2.05, 4.69) is 0 Å². The molecule has 5 heteroatoms. The Bertz CT molecular complexity index is 631. The first-order chi connectivity index (χ1) is 9.00. The number of hydrogen-bond donors (Lipinski definition) is 1. The van der Waals surface area contributed by atoms with Gasteiger partial charge in [0.15, 0.2) is 0 Å². The molecule has 0 saturated heterocycles. The third-order valence-electron chi connectivity index (χ3n) is 2.80. The molecular formula is C14H12ClFN2S. The summed E-state index contributed by atoms with van der Waals surface area (Å²) in [6.45, 7) is 0. The van der Waals surface area contributed by atoms with Gasteiger partial charge in [0, 0.05) is 17.6 Å². The van der Waals surface area contributed by atoms with Gasteiger partial charge >= 0.3 is 0 Å². The van der Waals surface area contributed by atoms with Gasteiger partial charge in [0.1, 0.15) is 10.8 Å². The van der Waals surface area contributed by atoms with E-state index in [9.17, 15) is 4.39 Å². The molecule has 0 aliphatic rings. The second-order valence-electron chi connectivity index (χ2n) is 4.04. The molecule has 0 amide bonds. The van der Waals surface area contributed by atoms with Crippen molar-refractivity contribution in [2.45, 2.75) is 0 Å². The first-order valence-electron chi connectivity index (χ1n) is 5.58. The first kappa shape index (κ1) is 13.8. The lowest BCUT2D eigenvalue weighted by molar-refractivity contribution is 0.627. The Morgan fingerprint density at radius 1 is 1.21 bits per heavy atom. The molecular weight excluding hydrogens is 283 g/mol. The molecule has 0 radical (unpaired) electrons. The predicted octanol–water partition coefficient (Wildman–Crippen LogP) is 3.88. The summed E-state index contributed by atoms with van der Waals surface area (Å²) in [6, 6.07) is 11.7. The number of halogens is 2. The van der Waals surface area contributed by atoms with Crippen LogP contribution in [0, 0.1) is 5.82 Å². The summed E-state index contributed by atoms with van der Waals surface area (Å²) in [5.74, 6) is -0.311. The fraction of sp³-hybridized carbons (Fsp3) is 0.0714. The number of anilines is 2. The topological polar surface area (TPSA) is 29.3 Å². The van der Waals surface area contributed by atoms with E-state index in [0.29, 0.717) is 22.0 Å². The molecule has 0 heterocycles. The molecule has 2 N–H and O–H groups in total. The smallest absolute Gasteiger partial charge is 0.146 e. The molecule has 2 aromatic carbocycles. The van der Waals surface area contributed by atoms with E-state index < -0.39 is 0 Å². The quantitative estimate of drug-likeness (QED) is 0.871. The molecule has 0 saturated carbocycles. The zero-order valence-electron chi connectivity index (χ0n) is 10.2. The Morgan fingerprint density at radius 2 is 1.89 bits per heavy atom. The van der Waals surface area contributed by atoms with Crippen LogP contribution in [0.2, 0.25) is 5.02 Å². The van der Waals surface area contributed by atoms with Gasteiger partial charge in [0.2, 0.25) is 0 Å². The summed E-state index contributed by atoms with van der Waals surface area (Å²) in [7, 11) is 1.75. The lowest BCUT2D eigenvalue weighted by Gasteiger charge is -2.23. The Morgan fingerprint density at radius 3 is 2.53 bits per heavy atom. The summed E-state index contributed by atoms with van der Waals surface area (Å²) in [4.78, 5) is 1.92. The van der Waals surface area contributed by atoms with Crippen LogP contribution in [0.25, 0.3) is 0 Å². The molecule has 0 bridgehead atoms. The summed E-state index contributed by atoms with van der Waals surface area (Å²) < 4.78 is 13.8. The van der Waals surface area contributed by atoms with Crippen molar-refractivity contribution in [3.8, 4) is 0 Å². The van der Waals surface area contributed by atoms with Crippen LogP contribution in [0.5, 0.6) is 0 Å². The zero-order valence-corrected chi connectivity index (χ0v) is 11.8. The number of benzene rings is 2. The molecule has 19 heavy (non-hydrogen) atoms. The third kappa shape index (κ3) is 2.85. The van der Waals surface area contributed by atoms with Gasteiger partial charge in [-0.2, -0.15) is 0 Å². The highest BCUT2D eigenvalue weighted by Gasteiger charge is 2.14. The Labute approximate surface area is 121 Å². The largest absolute Gasteiger partial charge is 0.389 e. The van der Waals surface area contributed by atoms with E-state index >= 15 is 0 Å².